The lowest BCUT2D eigenvalue weighted by Gasteiger charge is -2.07. The second-order valence-electron chi connectivity index (χ2n) is 2.29. The average molecular weight is 155 g/mol. The maximum absolute atomic E-state index is 12.7. The van der Waals surface area contributed by atoms with Crippen LogP contribution in [-0.4, -0.2) is 16.1 Å². The fourth-order valence-electron chi connectivity index (χ4n) is 0.574. The molecule has 0 fully saturated rings. The molecule has 0 amide bonds. The Morgan fingerprint density at radius 2 is 2.36 bits per heavy atom. The molecule has 0 aliphatic heterocycles. The number of hydrogen-bond acceptors (Lipinski definition) is 3. The average Bonchev–Trinajstić information content (AvgIpc) is 1.93. The Kier molecular flexibility index (Phi) is 2.36. The lowest BCUT2D eigenvalue weighted by atomic mass is 10.5. The normalized spacial score (nSPS) is 10.2. The lowest BCUT2D eigenvalue weighted by Crippen LogP contribution is -2.08. The van der Waals surface area contributed by atoms with Gasteiger partial charge in [0.05, 0.1) is 12.3 Å². The summed E-state index contributed by atoms with van der Waals surface area (Å²) in [6.45, 7) is 3.59. The third kappa shape index (κ3) is 2.14. The van der Waals surface area contributed by atoms with Crippen molar-refractivity contribution in [3.8, 4) is 5.88 Å². The smallest absolute Gasteiger partial charge is 0.254 e. The predicted molar refractivity (Wildman–Crippen MR) is 36.6 cm³/mol. The molecule has 0 N–H and O–H groups in total. The fraction of sp³-hybridized carbons (Fsp3) is 0.429. The Morgan fingerprint density at radius 1 is 1.64 bits per heavy atom. The molecule has 3 nitrogen and oxygen atoms in total. The van der Waals surface area contributed by atoms with Crippen LogP contribution in [0.15, 0.2) is 6.20 Å². The fourth-order valence-corrected chi connectivity index (χ4v) is 0.574. The largest absolute Gasteiger partial charge is 0.473 e. The molecule has 0 bridgehead atoms. The SMILES string of the molecule is CC(C)Oc1n[c]ncc1F. The van der Waals surface area contributed by atoms with Gasteiger partial charge < -0.3 is 4.74 Å². The number of rotatable bonds is 2. The molecule has 0 unspecified atom stereocenters. The molecular formula is C7H8FN2O. The van der Waals surface area contributed by atoms with Crippen molar-refractivity contribution in [2.45, 2.75) is 20.0 Å². The molecule has 0 aliphatic rings. The molecule has 1 aromatic heterocycles. The van der Waals surface area contributed by atoms with Crippen LogP contribution < -0.4 is 4.74 Å². The van der Waals surface area contributed by atoms with Crippen molar-refractivity contribution in [2.75, 3.05) is 0 Å². The highest BCUT2D eigenvalue weighted by atomic mass is 19.1. The van der Waals surface area contributed by atoms with E-state index < -0.39 is 5.82 Å². The minimum absolute atomic E-state index is 0.0463. The summed E-state index contributed by atoms with van der Waals surface area (Å²) in [6.07, 6.45) is 3.17. The molecule has 1 radical (unpaired) electrons. The van der Waals surface area contributed by atoms with Crippen LogP contribution >= 0.6 is 0 Å². The highest BCUT2D eigenvalue weighted by Gasteiger charge is 2.05. The molecule has 0 atom stereocenters. The zero-order chi connectivity index (χ0) is 8.27. The van der Waals surface area contributed by atoms with Gasteiger partial charge in [0, 0.05) is 0 Å². The van der Waals surface area contributed by atoms with Gasteiger partial charge in [-0.25, -0.2) is 4.98 Å². The van der Waals surface area contributed by atoms with Gasteiger partial charge in [-0.15, -0.1) is 0 Å². The molecule has 0 aromatic carbocycles. The highest BCUT2D eigenvalue weighted by molar-refractivity contribution is 5.08. The van der Waals surface area contributed by atoms with Crippen molar-refractivity contribution in [1.82, 2.24) is 9.97 Å². The minimum atomic E-state index is -0.558. The molecule has 11 heavy (non-hydrogen) atoms. The summed E-state index contributed by atoms with van der Waals surface area (Å²) in [5, 5.41) is 0. The number of halogens is 1. The van der Waals surface area contributed by atoms with E-state index in [9.17, 15) is 4.39 Å². The predicted octanol–water partition coefficient (Wildman–Crippen LogP) is 1.20. The molecule has 0 saturated heterocycles. The van der Waals surface area contributed by atoms with E-state index in [0.29, 0.717) is 0 Å². The van der Waals surface area contributed by atoms with Crippen molar-refractivity contribution in [3.63, 3.8) is 0 Å². The third-order valence-corrected chi connectivity index (χ3v) is 0.939. The number of ether oxygens (including phenoxy) is 1. The van der Waals surface area contributed by atoms with Gasteiger partial charge in [-0.2, -0.15) is 9.37 Å². The van der Waals surface area contributed by atoms with Crippen LogP contribution in [0.5, 0.6) is 5.88 Å². The Balaban J connectivity index is 2.78. The van der Waals surface area contributed by atoms with Gasteiger partial charge in [-0.1, -0.05) is 0 Å². The van der Waals surface area contributed by atoms with E-state index in [1.807, 2.05) is 0 Å². The quantitative estimate of drug-likeness (QED) is 0.643. The molecular weight excluding hydrogens is 147 g/mol. The van der Waals surface area contributed by atoms with E-state index in [1.165, 1.54) is 0 Å². The number of nitrogens with zero attached hydrogens (tertiary/aromatic N) is 2. The zero-order valence-corrected chi connectivity index (χ0v) is 6.34. The standard InChI is InChI=1S/C7H8FN2O/c1-5(2)11-7-6(8)3-9-4-10-7/h3,5H,1-2H3. The maximum Gasteiger partial charge on any atom is 0.254 e. The van der Waals surface area contributed by atoms with E-state index in [0.717, 1.165) is 6.20 Å². The number of hydrogen-bond donors (Lipinski definition) is 0. The topological polar surface area (TPSA) is 35.0 Å². The van der Waals surface area contributed by atoms with Gasteiger partial charge in [-0.3, -0.25) is 0 Å². The summed E-state index contributed by atoms with van der Waals surface area (Å²) in [5.74, 6) is -0.604. The van der Waals surface area contributed by atoms with E-state index in [2.05, 4.69) is 16.3 Å². The summed E-state index contributed by atoms with van der Waals surface area (Å²) in [5.41, 5.74) is 0. The monoisotopic (exact) mass is 155 g/mol. The van der Waals surface area contributed by atoms with Crippen LogP contribution in [0.25, 0.3) is 0 Å². The number of aromatic nitrogens is 2. The molecule has 0 aliphatic carbocycles. The Labute approximate surface area is 64.2 Å². The highest BCUT2D eigenvalue weighted by Crippen LogP contribution is 2.10. The van der Waals surface area contributed by atoms with Crippen molar-refractivity contribution in [2.24, 2.45) is 0 Å². The van der Waals surface area contributed by atoms with Crippen molar-refractivity contribution in [1.29, 1.82) is 0 Å². The molecule has 1 heterocycles. The summed E-state index contributed by atoms with van der Waals surface area (Å²) in [7, 11) is 0. The molecule has 1 rings (SSSR count). The van der Waals surface area contributed by atoms with Crippen LogP contribution in [0.3, 0.4) is 0 Å². The van der Waals surface area contributed by atoms with Crippen LogP contribution in [0.2, 0.25) is 0 Å². The van der Waals surface area contributed by atoms with Gasteiger partial charge in [0.2, 0.25) is 12.1 Å². The Bertz CT molecular complexity index is 240. The van der Waals surface area contributed by atoms with Gasteiger partial charge in [0.25, 0.3) is 5.88 Å². The Morgan fingerprint density at radius 3 is 2.91 bits per heavy atom. The summed E-state index contributed by atoms with van der Waals surface area (Å²) in [6, 6.07) is 0. The lowest BCUT2D eigenvalue weighted by molar-refractivity contribution is 0.219. The van der Waals surface area contributed by atoms with Crippen LogP contribution in [-0.2, 0) is 0 Å². The first-order valence-electron chi connectivity index (χ1n) is 3.25. The molecule has 59 valence electrons. The first-order chi connectivity index (χ1) is 5.20. The molecule has 0 spiro atoms. The first-order valence-corrected chi connectivity index (χ1v) is 3.25. The second-order valence-corrected chi connectivity index (χ2v) is 2.29. The van der Waals surface area contributed by atoms with Gasteiger partial charge in [-0.05, 0) is 13.8 Å². The first kappa shape index (κ1) is 7.91. The van der Waals surface area contributed by atoms with Crippen LogP contribution in [0.1, 0.15) is 13.8 Å². The summed E-state index contributed by atoms with van der Waals surface area (Å²) >= 11 is 0. The Hall–Kier alpha value is -1.19. The van der Waals surface area contributed by atoms with Crippen molar-refractivity contribution < 1.29 is 9.13 Å². The van der Waals surface area contributed by atoms with Gasteiger partial charge in [0.1, 0.15) is 0 Å². The second kappa shape index (κ2) is 3.27. The van der Waals surface area contributed by atoms with Crippen LogP contribution in [0.4, 0.5) is 4.39 Å². The summed E-state index contributed by atoms with van der Waals surface area (Å²) in [4.78, 5) is 6.85. The van der Waals surface area contributed by atoms with Crippen LogP contribution in [0, 0.1) is 12.1 Å². The van der Waals surface area contributed by atoms with E-state index in [1.54, 1.807) is 13.8 Å². The minimum Gasteiger partial charge on any atom is -0.473 e. The van der Waals surface area contributed by atoms with E-state index in [-0.39, 0.29) is 12.0 Å². The molecule has 1 aromatic rings. The van der Waals surface area contributed by atoms with E-state index >= 15 is 0 Å². The third-order valence-electron chi connectivity index (χ3n) is 0.939. The summed E-state index contributed by atoms with van der Waals surface area (Å²) < 4.78 is 17.7. The van der Waals surface area contributed by atoms with Gasteiger partial charge in [0.15, 0.2) is 0 Å². The van der Waals surface area contributed by atoms with E-state index in [4.69, 9.17) is 4.74 Å². The van der Waals surface area contributed by atoms with Gasteiger partial charge >= 0.3 is 0 Å². The molecule has 4 heteroatoms. The van der Waals surface area contributed by atoms with Crippen molar-refractivity contribution in [3.05, 3.63) is 18.3 Å². The van der Waals surface area contributed by atoms with Crippen molar-refractivity contribution >= 4 is 0 Å². The molecule has 0 saturated carbocycles. The zero-order valence-electron chi connectivity index (χ0n) is 6.34. The maximum atomic E-state index is 12.7.